The normalized spacial score (nSPS) is 13.3. The maximum absolute atomic E-state index is 13.7. The lowest BCUT2D eigenvalue weighted by molar-refractivity contribution is -0.139. The highest BCUT2D eigenvalue weighted by atomic mass is 35.5. The van der Waals surface area contributed by atoms with Crippen molar-refractivity contribution >= 4 is 57.4 Å². The van der Waals surface area contributed by atoms with Crippen LogP contribution in [0.1, 0.15) is 42.6 Å². The molecule has 0 bridgehead atoms. The minimum absolute atomic E-state index is 0.0406. The minimum atomic E-state index is -0.789. The summed E-state index contributed by atoms with van der Waals surface area (Å²) in [6.45, 7) is 4.07. The molecule has 1 aliphatic heterocycles. The van der Waals surface area contributed by atoms with Gasteiger partial charge >= 0.3 is 0 Å². The Labute approximate surface area is 214 Å². The first-order chi connectivity index (χ1) is 16.8. The van der Waals surface area contributed by atoms with Gasteiger partial charge in [0, 0.05) is 39.6 Å². The molecule has 1 atom stereocenters. The number of carbonyl (C=O) groups is 3. The number of amides is 3. The molecule has 35 heavy (non-hydrogen) atoms. The zero-order chi connectivity index (χ0) is 25.1. The molecule has 0 aliphatic carbocycles. The highest BCUT2D eigenvalue weighted by molar-refractivity contribution is 6.36. The first kappa shape index (κ1) is 25.0. The first-order valence-corrected chi connectivity index (χ1v) is 12.4. The van der Waals surface area contributed by atoms with Crippen LogP contribution in [0.2, 0.25) is 10.0 Å². The van der Waals surface area contributed by atoms with Crippen LogP contribution >= 0.6 is 23.2 Å². The van der Waals surface area contributed by atoms with Crippen LogP contribution in [0.15, 0.2) is 54.6 Å². The Hall–Kier alpha value is -3.09. The standard InChI is InChI=1S/C27H27Cl2N3O3/c1-3-4-14-30-26(34)17(2)31(15-20-21(28)11-7-12-22(20)29)24(33)16-32-23-13-6-9-18-8-5-10-19(25(18)23)27(32)35/h5-13,17H,3-4,14-16H2,1-2H3,(H,30,34). The Kier molecular flexibility index (Phi) is 7.63. The third kappa shape index (κ3) is 5.00. The van der Waals surface area contributed by atoms with Crippen molar-refractivity contribution in [1.82, 2.24) is 10.2 Å². The number of anilines is 1. The van der Waals surface area contributed by atoms with Gasteiger partial charge in [-0.2, -0.15) is 0 Å². The summed E-state index contributed by atoms with van der Waals surface area (Å²) >= 11 is 12.8. The fourth-order valence-corrected chi connectivity index (χ4v) is 4.85. The molecule has 6 nitrogen and oxygen atoms in total. The SMILES string of the molecule is CCCCNC(=O)C(C)N(Cc1c(Cl)cccc1Cl)C(=O)CN1C(=O)c2cccc3cccc1c23. The van der Waals surface area contributed by atoms with Gasteiger partial charge in [0.05, 0.1) is 5.69 Å². The zero-order valence-corrected chi connectivity index (χ0v) is 21.2. The Morgan fingerprint density at radius 2 is 1.69 bits per heavy atom. The molecule has 3 amide bonds. The molecular formula is C27H27Cl2N3O3. The van der Waals surface area contributed by atoms with Crippen molar-refractivity contribution in [2.45, 2.75) is 39.3 Å². The van der Waals surface area contributed by atoms with E-state index in [4.69, 9.17) is 23.2 Å². The third-order valence-electron chi connectivity index (χ3n) is 6.33. The van der Waals surface area contributed by atoms with Gasteiger partial charge in [-0.3, -0.25) is 19.3 Å². The smallest absolute Gasteiger partial charge is 0.259 e. The molecule has 0 saturated heterocycles. The highest BCUT2D eigenvalue weighted by Crippen LogP contribution is 2.37. The van der Waals surface area contributed by atoms with E-state index in [0.29, 0.717) is 33.4 Å². The van der Waals surface area contributed by atoms with Gasteiger partial charge in [0.1, 0.15) is 12.6 Å². The molecule has 1 aliphatic rings. The van der Waals surface area contributed by atoms with Gasteiger partial charge < -0.3 is 10.2 Å². The van der Waals surface area contributed by atoms with E-state index in [-0.39, 0.29) is 30.8 Å². The van der Waals surface area contributed by atoms with E-state index < -0.39 is 6.04 Å². The van der Waals surface area contributed by atoms with Gasteiger partial charge in [-0.25, -0.2) is 0 Å². The van der Waals surface area contributed by atoms with E-state index in [2.05, 4.69) is 5.32 Å². The van der Waals surface area contributed by atoms with E-state index in [1.165, 1.54) is 9.80 Å². The monoisotopic (exact) mass is 511 g/mol. The number of carbonyl (C=O) groups excluding carboxylic acids is 3. The molecule has 1 unspecified atom stereocenters. The van der Waals surface area contributed by atoms with E-state index in [9.17, 15) is 14.4 Å². The number of halogens is 2. The van der Waals surface area contributed by atoms with Crippen molar-refractivity contribution in [2.24, 2.45) is 0 Å². The molecule has 8 heteroatoms. The topological polar surface area (TPSA) is 69.7 Å². The fourth-order valence-electron chi connectivity index (χ4n) is 4.33. The highest BCUT2D eigenvalue weighted by Gasteiger charge is 2.34. The molecule has 3 aromatic rings. The summed E-state index contributed by atoms with van der Waals surface area (Å²) in [4.78, 5) is 42.7. The Morgan fingerprint density at radius 1 is 1.03 bits per heavy atom. The first-order valence-electron chi connectivity index (χ1n) is 11.7. The predicted molar refractivity (Wildman–Crippen MR) is 140 cm³/mol. The van der Waals surface area contributed by atoms with Crippen LogP contribution in [0.5, 0.6) is 0 Å². The van der Waals surface area contributed by atoms with Crippen molar-refractivity contribution in [1.29, 1.82) is 0 Å². The number of hydrogen-bond acceptors (Lipinski definition) is 3. The lowest BCUT2D eigenvalue weighted by Gasteiger charge is -2.31. The van der Waals surface area contributed by atoms with Crippen LogP contribution in [0.25, 0.3) is 10.8 Å². The van der Waals surface area contributed by atoms with Crippen LogP contribution < -0.4 is 10.2 Å². The largest absolute Gasteiger partial charge is 0.354 e. The molecular weight excluding hydrogens is 485 g/mol. The summed E-state index contributed by atoms with van der Waals surface area (Å²) in [7, 11) is 0. The molecule has 0 saturated carbocycles. The van der Waals surface area contributed by atoms with Gasteiger partial charge in [0.25, 0.3) is 5.91 Å². The second-order valence-corrected chi connectivity index (χ2v) is 9.43. The molecule has 182 valence electrons. The van der Waals surface area contributed by atoms with Gasteiger partial charge in [-0.05, 0) is 43.0 Å². The molecule has 1 N–H and O–H groups in total. The van der Waals surface area contributed by atoms with Gasteiger partial charge in [0.2, 0.25) is 11.8 Å². The number of nitrogens with zero attached hydrogens (tertiary/aromatic N) is 2. The molecule has 4 rings (SSSR count). The zero-order valence-electron chi connectivity index (χ0n) is 19.7. The summed E-state index contributed by atoms with van der Waals surface area (Å²) in [6, 6.07) is 15.5. The summed E-state index contributed by atoms with van der Waals surface area (Å²) in [6.07, 6.45) is 1.78. The summed E-state index contributed by atoms with van der Waals surface area (Å²) in [5, 5.41) is 5.47. The van der Waals surface area contributed by atoms with Crippen LogP contribution in [-0.2, 0) is 16.1 Å². The summed E-state index contributed by atoms with van der Waals surface area (Å²) in [5.74, 6) is -0.883. The Bertz CT molecular complexity index is 1270. The second-order valence-electron chi connectivity index (χ2n) is 8.61. The van der Waals surface area contributed by atoms with Crippen LogP contribution in [-0.4, -0.2) is 41.8 Å². The number of rotatable bonds is 9. The third-order valence-corrected chi connectivity index (χ3v) is 7.04. The van der Waals surface area contributed by atoms with Crippen molar-refractivity contribution < 1.29 is 14.4 Å². The van der Waals surface area contributed by atoms with Crippen molar-refractivity contribution in [3.63, 3.8) is 0 Å². The number of unbranched alkanes of at least 4 members (excludes halogenated alkanes) is 1. The maximum atomic E-state index is 13.7. The lowest BCUT2D eigenvalue weighted by Crippen LogP contribution is -2.51. The van der Waals surface area contributed by atoms with Gasteiger partial charge in [-0.1, -0.05) is 66.9 Å². The molecule has 0 spiro atoms. The average molecular weight is 512 g/mol. The Balaban J connectivity index is 1.63. The predicted octanol–water partition coefficient (Wildman–Crippen LogP) is 5.44. The van der Waals surface area contributed by atoms with Crippen molar-refractivity contribution in [3.05, 3.63) is 75.8 Å². The van der Waals surface area contributed by atoms with Crippen molar-refractivity contribution in [3.8, 4) is 0 Å². The number of benzene rings is 3. The van der Waals surface area contributed by atoms with Crippen LogP contribution in [0, 0.1) is 0 Å². The average Bonchev–Trinajstić information content (AvgIpc) is 3.11. The summed E-state index contributed by atoms with van der Waals surface area (Å²) in [5.41, 5.74) is 1.81. The fraction of sp³-hybridized carbons (Fsp3) is 0.296. The molecule has 0 aromatic heterocycles. The number of hydrogen-bond donors (Lipinski definition) is 1. The van der Waals surface area contributed by atoms with E-state index in [1.54, 1.807) is 31.2 Å². The van der Waals surface area contributed by atoms with E-state index in [1.807, 2.05) is 37.3 Å². The molecule has 1 heterocycles. The molecule has 3 aromatic carbocycles. The van der Waals surface area contributed by atoms with E-state index in [0.717, 1.165) is 23.6 Å². The van der Waals surface area contributed by atoms with Crippen LogP contribution in [0.4, 0.5) is 5.69 Å². The van der Waals surface area contributed by atoms with Crippen LogP contribution in [0.3, 0.4) is 0 Å². The molecule has 0 fully saturated rings. The molecule has 0 radical (unpaired) electrons. The second kappa shape index (κ2) is 10.7. The maximum Gasteiger partial charge on any atom is 0.259 e. The van der Waals surface area contributed by atoms with Gasteiger partial charge in [-0.15, -0.1) is 0 Å². The lowest BCUT2D eigenvalue weighted by atomic mass is 10.1. The van der Waals surface area contributed by atoms with E-state index >= 15 is 0 Å². The number of nitrogens with one attached hydrogen (secondary N) is 1. The van der Waals surface area contributed by atoms with Gasteiger partial charge in [0.15, 0.2) is 0 Å². The Morgan fingerprint density at radius 3 is 2.37 bits per heavy atom. The minimum Gasteiger partial charge on any atom is -0.354 e. The van der Waals surface area contributed by atoms with Crippen molar-refractivity contribution in [2.75, 3.05) is 18.0 Å². The quantitative estimate of drug-likeness (QED) is 0.388. The summed E-state index contributed by atoms with van der Waals surface area (Å²) < 4.78 is 0.